The fourth-order valence-corrected chi connectivity index (χ4v) is 1.97. The van der Waals surface area contributed by atoms with Crippen LogP contribution in [0.15, 0.2) is 24.3 Å². The summed E-state index contributed by atoms with van der Waals surface area (Å²) in [5, 5.41) is 11.8. The molecule has 0 aliphatic heterocycles. The number of benzene rings is 1. The van der Waals surface area contributed by atoms with Crippen LogP contribution in [0.25, 0.3) is 0 Å². The van der Waals surface area contributed by atoms with Crippen molar-refractivity contribution in [3.05, 3.63) is 35.4 Å². The van der Waals surface area contributed by atoms with E-state index in [1.165, 1.54) is 6.07 Å². The summed E-state index contributed by atoms with van der Waals surface area (Å²) in [5.74, 6) is -0.849. The van der Waals surface area contributed by atoms with E-state index >= 15 is 0 Å². The third-order valence-corrected chi connectivity index (χ3v) is 3.14. The van der Waals surface area contributed by atoms with Crippen molar-refractivity contribution >= 4 is 5.97 Å². The van der Waals surface area contributed by atoms with Crippen LogP contribution in [0.1, 0.15) is 24.0 Å². The lowest BCUT2D eigenvalue weighted by atomic mass is 10.1. The van der Waals surface area contributed by atoms with Gasteiger partial charge in [-0.3, -0.25) is 4.79 Å². The second kappa shape index (κ2) is 5.21. The quantitative estimate of drug-likeness (QED) is 0.867. The summed E-state index contributed by atoms with van der Waals surface area (Å²) in [7, 11) is 0. The molecule has 0 aromatic heterocycles. The van der Waals surface area contributed by atoms with Crippen LogP contribution in [0.5, 0.6) is 0 Å². The number of carboxylic acid groups (broad SMARTS) is 1. The van der Waals surface area contributed by atoms with Gasteiger partial charge < -0.3 is 10.4 Å². The number of aliphatic carboxylic acids is 1. The van der Waals surface area contributed by atoms with E-state index < -0.39 is 23.8 Å². The summed E-state index contributed by atoms with van der Waals surface area (Å²) >= 11 is 0. The topological polar surface area (TPSA) is 49.3 Å². The van der Waals surface area contributed by atoms with Gasteiger partial charge in [-0.1, -0.05) is 18.2 Å². The summed E-state index contributed by atoms with van der Waals surface area (Å²) in [6.07, 6.45) is -2.67. The van der Waals surface area contributed by atoms with Crippen molar-refractivity contribution in [2.45, 2.75) is 31.6 Å². The molecule has 2 rings (SSSR count). The van der Waals surface area contributed by atoms with Crippen molar-refractivity contribution in [3.8, 4) is 0 Å². The molecule has 0 heterocycles. The largest absolute Gasteiger partial charge is 0.480 e. The highest BCUT2D eigenvalue weighted by Crippen LogP contribution is 2.33. The molecular weight excluding hydrogens is 259 g/mol. The first-order chi connectivity index (χ1) is 8.88. The van der Waals surface area contributed by atoms with Crippen LogP contribution in [0.3, 0.4) is 0 Å². The first-order valence-corrected chi connectivity index (χ1v) is 6.00. The zero-order valence-corrected chi connectivity index (χ0v) is 10.1. The normalized spacial score (nSPS) is 17.2. The smallest absolute Gasteiger partial charge is 0.416 e. The van der Waals surface area contributed by atoms with Crippen molar-refractivity contribution in [1.82, 2.24) is 5.32 Å². The molecule has 1 aromatic rings. The van der Waals surface area contributed by atoms with Gasteiger partial charge in [-0.15, -0.1) is 0 Å². The van der Waals surface area contributed by atoms with Crippen molar-refractivity contribution in [2.75, 3.05) is 0 Å². The predicted molar refractivity (Wildman–Crippen MR) is 62.4 cm³/mol. The summed E-state index contributed by atoms with van der Waals surface area (Å²) in [4.78, 5) is 11.0. The number of hydrogen-bond donors (Lipinski definition) is 2. The molecular formula is C13H14F3NO2. The molecule has 1 unspecified atom stereocenters. The maximum absolute atomic E-state index is 12.5. The van der Waals surface area contributed by atoms with Crippen molar-refractivity contribution in [3.63, 3.8) is 0 Å². The Morgan fingerprint density at radius 2 is 2.11 bits per heavy atom. The molecule has 1 aliphatic carbocycles. The molecule has 0 saturated heterocycles. The van der Waals surface area contributed by atoms with Crippen LogP contribution in [-0.2, 0) is 17.5 Å². The maximum Gasteiger partial charge on any atom is 0.416 e. The Morgan fingerprint density at radius 1 is 1.42 bits per heavy atom. The molecule has 0 bridgehead atoms. The van der Waals surface area contributed by atoms with E-state index in [9.17, 15) is 18.0 Å². The number of alkyl halides is 3. The van der Waals surface area contributed by atoms with Gasteiger partial charge >= 0.3 is 12.1 Å². The predicted octanol–water partition coefficient (Wildman–Crippen LogP) is 2.66. The molecule has 1 fully saturated rings. The highest BCUT2D eigenvalue weighted by molar-refractivity contribution is 5.74. The zero-order valence-electron chi connectivity index (χ0n) is 10.1. The average Bonchev–Trinajstić information content (AvgIpc) is 3.12. The minimum atomic E-state index is -4.38. The van der Waals surface area contributed by atoms with Gasteiger partial charge in [-0.05, 0) is 30.4 Å². The maximum atomic E-state index is 12.5. The van der Waals surface area contributed by atoms with Gasteiger partial charge in [0.25, 0.3) is 0 Å². The summed E-state index contributed by atoms with van der Waals surface area (Å²) < 4.78 is 37.6. The summed E-state index contributed by atoms with van der Waals surface area (Å²) in [5.41, 5.74) is -0.285. The number of nitrogens with one attached hydrogen (secondary N) is 1. The van der Waals surface area contributed by atoms with Gasteiger partial charge in [0.1, 0.15) is 6.04 Å². The Balaban J connectivity index is 2.01. The van der Waals surface area contributed by atoms with Gasteiger partial charge in [0.05, 0.1) is 5.56 Å². The van der Waals surface area contributed by atoms with Crippen molar-refractivity contribution < 1.29 is 23.1 Å². The molecule has 104 valence electrons. The van der Waals surface area contributed by atoms with Crippen LogP contribution < -0.4 is 5.32 Å². The van der Waals surface area contributed by atoms with Gasteiger partial charge in [0, 0.05) is 6.54 Å². The molecule has 19 heavy (non-hydrogen) atoms. The second-order valence-electron chi connectivity index (χ2n) is 4.73. The SMILES string of the molecule is O=C(O)C(NCc1cccc(C(F)(F)F)c1)C1CC1. The van der Waals surface area contributed by atoms with E-state index in [0.717, 1.165) is 25.0 Å². The minimum absolute atomic E-state index is 0.100. The molecule has 0 amide bonds. The lowest BCUT2D eigenvalue weighted by molar-refractivity contribution is -0.140. The van der Waals surface area contributed by atoms with E-state index in [-0.39, 0.29) is 12.5 Å². The van der Waals surface area contributed by atoms with Crippen LogP contribution in [0.4, 0.5) is 13.2 Å². The highest BCUT2D eigenvalue weighted by atomic mass is 19.4. The Bertz CT molecular complexity index is 469. The molecule has 0 spiro atoms. The van der Waals surface area contributed by atoms with E-state index in [0.29, 0.717) is 5.56 Å². The van der Waals surface area contributed by atoms with Crippen LogP contribution in [-0.4, -0.2) is 17.1 Å². The third-order valence-electron chi connectivity index (χ3n) is 3.14. The first-order valence-electron chi connectivity index (χ1n) is 6.00. The number of carboxylic acids is 1. The number of hydrogen-bond acceptors (Lipinski definition) is 2. The Labute approximate surface area is 108 Å². The van der Waals surface area contributed by atoms with Crippen molar-refractivity contribution in [2.24, 2.45) is 5.92 Å². The fourth-order valence-electron chi connectivity index (χ4n) is 1.97. The van der Waals surface area contributed by atoms with Crippen molar-refractivity contribution in [1.29, 1.82) is 0 Å². The second-order valence-corrected chi connectivity index (χ2v) is 4.73. The lowest BCUT2D eigenvalue weighted by Crippen LogP contribution is -2.38. The number of carbonyl (C=O) groups is 1. The van der Waals surface area contributed by atoms with Gasteiger partial charge in [-0.2, -0.15) is 13.2 Å². The third kappa shape index (κ3) is 3.70. The van der Waals surface area contributed by atoms with Gasteiger partial charge in [-0.25, -0.2) is 0 Å². The molecule has 6 heteroatoms. The highest BCUT2D eigenvalue weighted by Gasteiger charge is 2.36. The summed E-state index contributed by atoms with van der Waals surface area (Å²) in [6.45, 7) is 0.122. The van der Waals surface area contributed by atoms with E-state index in [4.69, 9.17) is 5.11 Å². The van der Waals surface area contributed by atoms with E-state index in [1.54, 1.807) is 6.07 Å². The zero-order chi connectivity index (χ0) is 14.0. The van der Waals surface area contributed by atoms with E-state index in [1.807, 2.05) is 0 Å². The Morgan fingerprint density at radius 3 is 2.63 bits per heavy atom. The molecule has 1 aromatic carbocycles. The van der Waals surface area contributed by atoms with Crippen LogP contribution >= 0.6 is 0 Å². The molecule has 2 N–H and O–H groups in total. The van der Waals surface area contributed by atoms with Gasteiger partial charge in [0.2, 0.25) is 0 Å². The van der Waals surface area contributed by atoms with Crippen LogP contribution in [0.2, 0.25) is 0 Å². The minimum Gasteiger partial charge on any atom is -0.480 e. The average molecular weight is 273 g/mol. The standard InChI is InChI=1S/C13H14F3NO2/c14-13(15,16)10-3-1-2-8(6-10)7-17-11(12(18)19)9-4-5-9/h1-3,6,9,11,17H,4-5,7H2,(H,18,19). The van der Waals surface area contributed by atoms with E-state index in [2.05, 4.69) is 5.32 Å². The lowest BCUT2D eigenvalue weighted by Gasteiger charge is -2.14. The van der Waals surface area contributed by atoms with Gasteiger partial charge in [0.15, 0.2) is 0 Å². The summed E-state index contributed by atoms with van der Waals surface area (Å²) in [6, 6.07) is 4.24. The monoisotopic (exact) mass is 273 g/mol. The molecule has 1 aliphatic rings. The molecule has 3 nitrogen and oxygen atoms in total. The molecule has 0 radical (unpaired) electrons. The Hall–Kier alpha value is -1.56. The molecule has 1 atom stereocenters. The number of rotatable bonds is 5. The number of halogens is 3. The first kappa shape index (κ1) is 13.9. The van der Waals surface area contributed by atoms with Crippen LogP contribution in [0, 0.1) is 5.92 Å². The fraction of sp³-hybridized carbons (Fsp3) is 0.462. The molecule has 1 saturated carbocycles. The Kier molecular flexibility index (Phi) is 3.80.